The molecule has 10 rings (SSSR count). The standard InChI is InChI=1S/C42H51N3O2.C22H30N2O.C20H23NO2.Cl3OP.ClH/c1-8-44(9-2)33-20-16-31(17-21-33)41(36-25-22-34(28-30(36)7)45(10-3)11-4)39-26-27-40(38-15-13-12-14-37(38)39)43-32-18-23-35(24-19-32)47-42(46)29(5)6;1-6-23(7-2)19-12-10-18(11-13-19)22(25)21-15-14-20(16-17(21)5)24(8-3)9-4;1-14(2)20(22)23-17-12-10-16(11-13-17)21-19-9-5-7-15-6-3-4-8-18(15)19;1-5(2,3)4;/h12-17,20-22,25-28,32,35H,5,8-11,18-19,23-24H2,1-4,6-7H3;10-16H,6-9H2,1-5H3;3-9,16-17,21H,1,10-13H2,2H3;;1H. The fourth-order valence-corrected chi connectivity index (χ4v) is 13.4. The minimum Gasteiger partial charge on any atom is -1.00 e. The van der Waals surface area contributed by atoms with Crippen LogP contribution in [-0.4, -0.2) is 100 Å². The zero-order valence-electron chi connectivity index (χ0n) is 61.3. The predicted molar refractivity (Wildman–Crippen MR) is 426 cm³/mol. The number of anilines is 5. The van der Waals surface area contributed by atoms with Crippen LogP contribution >= 0.6 is 38.9 Å². The lowest BCUT2D eigenvalue weighted by Gasteiger charge is -2.30. The Labute approximate surface area is 623 Å². The van der Waals surface area contributed by atoms with Gasteiger partial charge in [0.15, 0.2) is 11.8 Å². The van der Waals surface area contributed by atoms with Gasteiger partial charge in [0.2, 0.25) is 5.71 Å². The van der Waals surface area contributed by atoms with Crippen molar-refractivity contribution in [3.8, 4) is 0 Å². The van der Waals surface area contributed by atoms with Crippen LogP contribution in [0, 0.1) is 13.8 Å². The van der Waals surface area contributed by atoms with Gasteiger partial charge in [0.25, 0.3) is 0 Å². The van der Waals surface area contributed by atoms with E-state index in [4.69, 9.17) is 9.47 Å². The van der Waals surface area contributed by atoms with Crippen molar-refractivity contribution in [1.29, 1.82) is 0 Å². The number of hydrogen-bond acceptors (Lipinski definition) is 11. The number of nitrogens with one attached hydrogen (secondary N) is 2. The molecule has 0 saturated heterocycles. The molecule has 0 atom stereocenters. The molecule has 7 aromatic carbocycles. The van der Waals surface area contributed by atoms with E-state index in [1.165, 1.54) is 72.5 Å². The van der Waals surface area contributed by atoms with Crippen LogP contribution < -0.4 is 42.3 Å². The molecule has 0 spiro atoms. The van der Waals surface area contributed by atoms with Gasteiger partial charge >= 0.3 is 17.1 Å². The molecule has 0 aliphatic heterocycles. The van der Waals surface area contributed by atoms with Gasteiger partial charge in [0.05, 0.1) is 5.56 Å². The van der Waals surface area contributed by atoms with E-state index >= 15 is 0 Å². The Morgan fingerprint density at radius 1 is 0.505 bits per heavy atom. The Hall–Kier alpha value is -7.57. The number of rotatable bonds is 23. The average molecular weight is 1470 g/mol. The molecule has 0 heterocycles. The van der Waals surface area contributed by atoms with Gasteiger partial charge < -0.3 is 46.8 Å². The van der Waals surface area contributed by atoms with Crippen molar-refractivity contribution in [2.75, 3.05) is 77.3 Å². The van der Waals surface area contributed by atoms with Crippen LogP contribution in [0.5, 0.6) is 0 Å². The highest BCUT2D eigenvalue weighted by Crippen LogP contribution is 2.61. The first-order valence-corrected chi connectivity index (χ1v) is 40.2. The summed E-state index contributed by atoms with van der Waals surface area (Å²) < 4.78 is 20.6. The van der Waals surface area contributed by atoms with Crippen LogP contribution in [0.25, 0.3) is 21.9 Å². The number of hydrogen-bond donors (Lipinski definition) is 2. The summed E-state index contributed by atoms with van der Waals surface area (Å²) in [5.74, 6) is -0.458. The molecule has 2 saturated carbocycles. The van der Waals surface area contributed by atoms with Crippen LogP contribution in [0.3, 0.4) is 0 Å². The van der Waals surface area contributed by atoms with Gasteiger partial charge in [-0.25, -0.2) is 14.6 Å². The number of carbonyl (C=O) groups excluding carboxylic acids is 3. The number of esters is 2. The third-order valence-corrected chi connectivity index (χ3v) is 19.0. The average Bonchev–Trinajstić information content (AvgIpc) is 0.764. The maximum absolute atomic E-state index is 12.9. The second-order valence-electron chi connectivity index (χ2n) is 25.7. The molecular formula is C84H105Cl4N6O6P. The molecule has 540 valence electrons. The fourth-order valence-electron chi connectivity index (χ4n) is 13.4. The Balaban J connectivity index is 0.000000250. The molecule has 12 nitrogen and oxygen atoms in total. The molecule has 0 aromatic heterocycles. The molecule has 7 aromatic rings. The van der Waals surface area contributed by atoms with Gasteiger partial charge in [-0.2, -0.15) is 0 Å². The normalized spacial score (nSPS) is 16.9. The van der Waals surface area contributed by atoms with Crippen molar-refractivity contribution >= 4 is 113 Å². The first-order valence-electron chi connectivity index (χ1n) is 35.7. The summed E-state index contributed by atoms with van der Waals surface area (Å²) in [5.41, 5.74) is 19.4. The van der Waals surface area contributed by atoms with Gasteiger partial charge in [-0.05, 0) is 285 Å². The van der Waals surface area contributed by atoms with Gasteiger partial charge in [-0.1, -0.05) is 86.0 Å². The molecule has 0 unspecified atom stereocenters. The number of fused-ring (bicyclic) bond motifs is 2. The number of allylic oxidation sites excluding steroid dienone is 3. The van der Waals surface area contributed by atoms with Crippen LogP contribution in [0.1, 0.15) is 170 Å². The quantitative estimate of drug-likeness (QED) is 0.0275. The Morgan fingerprint density at radius 2 is 0.911 bits per heavy atom. The van der Waals surface area contributed by atoms with Gasteiger partial charge in [0, 0.05) is 133 Å². The Bertz CT molecular complexity index is 4030. The summed E-state index contributed by atoms with van der Waals surface area (Å²) in [5, 5.41) is 2.95. The summed E-state index contributed by atoms with van der Waals surface area (Å²) >= 11 is 13.8. The van der Waals surface area contributed by atoms with E-state index in [9.17, 15) is 18.9 Å². The van der Waals surface area contributed by atoms with Crippen molar-refractivity contribution in [2.24, 2.45) is 0 Å². The number of ketones is 1. The van der Waals surface area contributed by atoms with E-state index in [0.29, 0.717) is 23.2 Å². The van der Waals surface area contributed by atoms with E-state index in [1.807, 2.05) is 37.3 Å². The second kappa shape index (κ2) is 40.3. The van der Waals surface area contributed by atoms with Crippen molar-refractivity contribution in [1.82, 2.24) is 0 Å². The third-order valence-electron chi connectivity index (χ3n) is 19.0. The SMILES string of the molecule is C=C(C)C(=O)OC1CCC(Nc2cccc3ccccc23)CC1.C=C(C)C(=O)OC1CCC([NH+]=C2C=CC(=C(c3ccc(N(CC)CC)cc3)c3ccc(N(CC)CC)cc3C)c3ccccc32)CC1.CCN(CC)c1ccc(C(=O)c2ccc(N(CC)CC)cc2C)cc1.O=P(Cl)(Cl)Cl.[Cl-]. The first-order chi connectivity index (χ1) is 47.9. The molecule has 101 heavy (non-hydrogen) atoms. The summed E-state index contributed by atoms with van der Waals surface area (Å²) in [4.78, 5) is 49.7. The highest BCUT2D eigenvalue weighted by Gasteiger charge is 2.30. The van der Waals surface area contributed by atoms with Crippen molar-refractivity contribution in [2.45, 2.75) is 159 Å². The summed E-state index contributed by atoms with van der Waals surface area (Å²) in [6, 6.07) is 54.5. The number of aryl methyl sites for hydroxylation is 2. The maximum Gasteiger partial charge on any atom is 0.339 e. The summed E-state index contributed by atoms with van der Waals surface area (Å²) in [6.45, 7) is 40.3. The molecule has 0 amide bonds. The molecule has 3 aliphatic carbocycles. The Kier molecular flexibility index (Phi) is 32.9. The van der Waals surface area contributed by atoms with E-state index in [0.717, 1.165) is 132 Å². The number of ether oxygens (including phenoxy) is 2. The maximum atomic E-state index is 12.9. The van der Waals surface area contributed by atoms with Crippen LogP contribution in [0.2, 0.25) is 0 Å². The van der Waals surface area contributed by atoms with Gasteiger partial charge in [-0.3, -0.25) is 9.36 Å². The molecule has 3 aliphatic rings. The van der Waals surface area contributed by atoms with Crippen LogP contribution in [0.4, 0.5) is 28.4 Å². The van der Waals surface area contributed by atoms with Crippen molar-refractivity contribution < 1.29 is 45.8 Å². The van der Waals surface area contributed by atoms with E-state index in [2.05, 4.69) is 273 Å². The lowest BCUT2D eigenvalue weighted by molar-refractivity contribution is -0.507. The lowest BCUT2D eigenvalue weighted by Crippen LogP contribution is -3.00. The predicted octanol–water partition coefficient (Wildman–Crippen LogP) is 16.9. The zero-order chi connectivity index (χ0) is 72.6. The summed E-state index contributed by atoms with van der Waals surface area (Å²) in [6.07, 6.45) is 12.0. The molecule has 0 bridgehead atoms. The zero-order valence-corrected chi connectivity index (χ0v) is 65.2. The number of carbonyl (C=O) groups is 3. The van der Waals surface area contributed by atoms with E-state index < -0.39 is 5.20 Å². The molecule has 0 radical (unpaired) electrons. The van der Waals surface area contributed by atoms with Crippen LogP contribution in [0.15, 0.2) is 188 Å². The smallest absolute Gasteiger partial charge is 0.339 e. The minimum atomic E-state index is -3.22. The largest absolute Gasteiger partial charge is 1.00 e. The Morgan fingerprint density at radius 3 is 1.38 bits per heavy atom. The van der Waals surface area contributed by atoms with E-state index in [-0.39, 0.29) is 42.3 Å². The molecule has 2 fully saturated rings. The third kappa shape index (κ3) is 23.5. The van der Waals surface area contributed by atoms with Crippen molar-refractivity contribution in [3.05, 3.63) is 233 Å². The monoisotopic (exact) mass is 1460 g/mol. The van der Waals surface area contributed by atoms with Crippen LogP contribution in [-0.2, 0) is 23.6 Å². The van der Waals surface area contributed by atoms with Gasteiger partial charge in [-0.15, -0.1) is 0 Å². The lowest BCUT2D eigenvalue weighted by atomic mass is 9.82. The molecule has 2 N–H and O–H groups in total. The fraction of sp³-hybridized carbons (Fsp3) is 0.381. The highest BCUT2D eigenvalue weighted by molar-refractivity contribution is 8.24. The van der Waals surface area contributed by atoms with Crippen molar-refractivity contribution in [3.63, 3.8) is 0 Å². The molecular weight excluding hydrogens is 1360 g/mol. The number of benzene rings is 7. The number of halogens is 4. The first kappa shape index (κ1) is 82.4. The second-order valence-corrected chi connectivity index (χ2v) is 32.4. The number of nitrogens with zero attached hydrogens (tertiary/aromatic N) is 4. The molecule has 17 heteroatoms. The topological polar surface area (TPSA) is 126 Å². The minimum absolute atomic E-state index is 0. The van der Waals surface area contributed by atoms with E-state index in [1.54, 1.807) is 13.8 Å². The highest BCUT2D eigenvalue weighted by atomic mass is 36.0. The summed E-state index contributed by atoms with van der Waals surface area (Å²) in [7, 11) is 0. The van der Waals surface area contributed by atoms with Gasteiger partial charge in [0.1, 0.15) is 12.2 Å².